The summed E-state index contributed by atoms with van der Waals surface area (Å²) in [5.74, 6) is 1.07. The van der Waals surface area contributed by atoms with Gasteiger partial charge in [-0.25, -0.2) is 9.97 Å². The molecule has 0 aliphatic heterocycles. The van der Waals surface area contributed by atoms with E-state index in [0.717, 1.165) is 28.0 Å². The van der Waals surface area contributed by atoms with E-state index in [1.54, 1.807) is 0 Å². The van der Waals surface area contributed by atoms with Crippen LogP contribution < -0.4 is 10.6 Å². The van der Waals surface area contributed by atoms with Crippen molar-refractivity contribution in [2.24, 2.45) is 11.7 Å². The number of aliphatic hydroxyl groups is 1. The largest absolute Gasteiger partial charge is 0.395 e. The molecular weight excluding hydrogens is 356 g/mol. The van der Waals surface area contributed by atoms with Crippen molar-refractivity contribution in [1.29, 1.82) is 0 Å². The number of aromatic nitrogens is 2. The average molecular weight is 379 g/mol. The molecule has 0 atom stereocenters. The summed E-state index contributed by atoms with van der Waals surface area (Å²) < 4.78 is 1.02. The van der Waals surface area contributed by atoms with Gasteiger partial charge in [-0.05, 0) is 24.1 Å². The molecule has 0 unspecified atom stereocenters. The SMILES string of the molecule is CC(C)CN(CCO)c1nc(CN)cc(-c2ccc(Br)cc2)n1. The van der Waals surface area contributed by atoms with Crippen molar-refractivity contribution in [2.75, 3.05) is 24.6 Å². The van der Waals surface area contributed by atoms with Crippen LogP contribution in [0.2, 0.25) is 0 Å². The molecule has 5 nitrogen and oxygen atoms in total. The van der Waals surface area contributed by atoms with E-state index >= 15 is 0 Å². The summed E-state index contributed by atoms with van der Waals surface area (Å²) in [6, 6.07) is 9.90. The predicted molar refractivity (Wildman–Crippen MR) is 97.2 cm³/mol. The number of nitrogens with zero attached hydrogens (tertiary/aromatic N) is 3. The van der Waals surface area contributed by atoms with Crippen LogP contribution >= 0.6 is 15.9 Å². The van der Waals surface area contributed by atoms with E-state index in [0.29, 0.717) is 25.0 Å². The van der Waals surface area contributed by atoms with Crippen LogP contribution in [0, 0.1) is 5.92 Å². The molecule has 0 amide bonds. The van der Waals surface area contributed by atoms with Crippen molar-refractivity contribution < 1.29 is 5.11 Å². The number of halogens is 1. The van der Waals surface area contributed by atoms with Crippen molar-refractivity contribution in [3.63, 3.8) is 0 Å². The first-order valence-electron chi connectivity index (χ1n) is 7.73. The van der Waals surface area contributed by atoms with Gasteiger partial charge in [0.05, 0.1) is 18.0 Å². The van der Waals surface area contributed by atoms with Crippen LogP contribution in [0.4, 0.5) is 5.95 Å². The number of rotatable bonds is 7. The van der Waals surface area contributed by atoms with Crippen molar-refractivity contribution in [1.82, 2.24) is 9.97 Å². The molecule has 1 aromatic carbocycles. The average Bonchev–Trinajstić information content (AvgIpc) is 2.54. The molecule has 1 aromatic heterocycles. The Morgan fingerprint density at radius 2 is 1.91 bits per heavy atom. The topological polar surface area (TPSA) is 75.3 Å². The summed E-state index contributed by atoms with van der Waals surface area (Å²) in [4.78, 5) is 11.2. The van der Waals surface area contributed by atoms with Gasteiger partial charge in [0.2, 0.25) is 5.95 Å². The lowest BCUT2D eigenvalue weighted by Gasteiger charge is -2.24. The third kappa shape index (κ3) is 4.99. The quantitative estimate of drug-likeness (QED) is 0.774. The number of aliphatic hydroxyl groups excluding tert-OH is 1. The summed E-state index contributed by atoms with van der Waals surface area (Å²) in [7, 11) is 0. The van der Waals surface area contributed by atoms with E-state index < -0.39 is 0 Å². The number of anilines is 1. The lowest BCUT2D eigenvalue weighted by molar-refractivity contribution is 0.299. The van der Waals surface area contributed by atoms with Gasteiger partial charge in [-0.3, -0.25) is 0 Å². The van der Waals surface area contributed by atoms with Crippen molar-refractivity contribution in [3.8, 4) is 11.3 Å². The Morgan fingerprint density at radius 1 is 1.22 bits per heavy atom. The highest BCUT2D eigenvalue weighted by Crippen LogP contribution is 2.23. The summed E-state index contributed by atoms with van der Waals surface area (Å²) in [5.41, 5.74) is 8.45. The van der Waals surface area contributed by atoms with Crippen LogP contribution in [0.1, 0.15) is 19.5 Å². The minimum atomic E-state index is 0.0660. The second-order valence-electron chi connectivity index (χ2n) is 5.82. The van der Waals surface area contributed by atoms with Gasteiger partial charge < -0.3 is 15.7 Å². The van der Waals surface area contributed by atoms with Crippen LogP contribution in [0.3, 0.4) is 0 Å². The Balaban J connectivity index is 2.42. The lowest BCUT2D eigenvalue weighted by Crippen LogP contribution is -2.32. The number of nitrogens with two attached hydrogens (primary N) is 1. The fourth-order valence-corrected chi connectivity index (χ4v) is 2.60. The maximum Gasteiger partial charge on any atom is 0.226 e. The standard InChI is InChI=1S/C17H23BrN4O/c1-12(2)11-22(7-8-23)17-20-15(10-19)9-16(21-17)13-3-5-14(18)6-4-13/h3-6,9,12,23H,7-8,10-11,19H2,1-2H3. The fraction of sp³-hybridized carbons (Fsp3) is 0.412. The third-order valence-corrected chi connectivity index (χ3v) is 3.88. The lowest BCUT2D eigenvalue weighted by atomic mass is 10.1. The molecule has 0 bridgehead atoms. The highest BCUT2D eigenvalue weighted by molar-refractivity contribution is 9.10. The Bertz CT molecular complexity index is 631. The zero-order valence-electron chi connectivity index (χ0n) is 13.5. The molecule has 0 radical (unpaired) electrons. The van der Waals surface area contributed by atoms with Crippen LogP contribution in [-0.4, -0.2) is 34.8 Å². The van der Waals surface area contributed by atoms with E-state index in [2.05, 4.69) is 39.7 Å². The molecule has 2 aromatic rings. The van der Waals surface area contributed by atoms with Gasteiger partial charge in [0, 0.05) is 29.7 Å². The fourth-order valence-electron chi connectivity index (χ4n) is 2.33. The molecule has 0 saturated heterocycles. The minimum absolute atomic E-state index is 0.0660. The van der Waals surface area contributed by atoms with Crippen LogP contribution in [0.15, 0.2) is 34.8 Å². The Morgan fingerprint density at radius 3 is 2.48 bits per heavy atom. The maximum absolute atomic E-state index is 9.33. The molecule has 6 heteroatoms. The van der Waals surface area contributed by atoms with Gasteiger partial charge in [-0.2, -0.15) is 0 Å². The van der Waals surface area contributed by atoms with Gasteiger partial charge in [-0.15, -0.1) is 0 Å². The van der Waals surface area contributed by atoms with Crippen molar-refractivity contribution >= 4 is 21.9 Å². The predicted octanol–water partition coefficient (Wildman–Crippen LogP) is 2.82. The molecule has 3 N–H and O–H groups in total. The van der Waals surface area contributed by atoms with E-state index in [1.807, 2.05) is 35.2 Å². The van der Waals surface area contributed by atoms with Crippen LogP contribution in [0.5, 0.6) is 0 Å². The first-order valence-corrected chi connectivity index (χ1v) is 8.52. The second kappa shape index (κ2) is 8.38. The zero-order chi connectivity index (χ0) is 16.8. The molecule has 124 valence electrons. The van der Waals surface area contributed by atoms with Crippen molar-refractivity contribution in [3.05, 3.63) is 40.5 Å². The molecule has 0 spiro atoms. The Hall–Kier alpha value is -1.50. The first-order chi connectivity index (χ1) is 11.0. The third-order valence-electron chi connectivity index (χ3n) is 3.35. The van der Waals surface area contributed by atoms with Gasteiger partial charge >= 0.3 is 0 Å². The van der Waals surface area contributed by atoms with Gasteiger partial charge in [-0.1, -0.05) is 41.9 Å². The van der Waals surface area contributed by atoms with Gasteiger partial charge in [0.25, 0.3) is 0 Å². The molecule has 2 rings (SSSR count). The molecule has 0 saturated carbocycles. The normalized spacial score (nSPS) is 11.0. The molecule has 0 aliphatic rings. The minimum Gasteiger partial charge on any atom is -0.395 e. The first kappa shape index (κ1) is 17.8. The second-order valence-corrected chi connectivity index (χ2v) is 6.73. The summed E-state index contributed by atoms with van der Waals surface area (Å²) in [5, 5.41) is 9.33. The van der Waals surface area contributed by atoms with Gasteiger partial charge in [0.1, 0.15) is 0 Å². The van der Waals surface area contributed by atoms with Crippen LogP contribution in [-0.2, 0) is 6.54 Å². The molecule has 0 fully saturated rings. The van der Waals surface area contributed by atoms with Crippen molar-refractivity contribution in [2.45, 2.75) is 20.4 Å². The van der Waals surface area contributed by atoms with E-state index in [-0.39, 0.29) is 6.61 Å². The molecule has 0 aliphatic carbocycles. The summed E-state index contributed by atoms with van der Waals surface area (Å²) in [6.45, 7) is 5.98. The monoisotopic (exact) mass is 378 g/mol. The Kier molecular flexibility index (Phi) is 6.50. The van der Waals surface area contributed by atoms with E-state index in [1.165, 1.54) is 0 Å². The molecule has 1 heterocycles. The van der Waals surface area contributed by atoms with Crippen LogP contribution in [0.25, 0.3) is 11.3 Å². The zero-order valence-corrected chi connectivity index (χ0v) is 15.1. The highest BCUT2D eigenvalue weighted by atomic mass is 79.9. The smallest absolute Gasteiger partial charge is 0.226 e. The highest BCUT2D eigenvalue weighted by Gasteiger charge is 2.14. The Labute approximate surface area is 145 Å². The number of hydrogen-bond donors (Lipinski definition) is 2. The molecule has 23 heavy (non-hydrogen) atoms. The number of hydrogen-bond acceptors (Lipinski definition) is 5. The number of benzene rings is 1. The maximum atomic E-state index is 9.33. The van der Waals surface area contributed by atoms with E-state index in [4.69, 9.17) is 5.73 Å². The summed E-state index contributed by atoms with van der Waals surface area (Å²) >= 11 is 3.44. The molecular formula is C17H23BrN4O. The van der Waals surface area contributed by atoms with E-state index in [9.17, 15) is 5.11 Å². The summed E-state index contributed by atoms with van der Waals surface area (Å²) in [6.07, 6.45) is 0. The van der Waals surface area contributed by atoms with Gasteiger partial charge in [0.15, 0.2) is 0 Å².